The van der Waals surface area contributed by atoms with Gasteiger partial charge in [-0.25, -0.2) is 0 Å². The number of para-hydroxylation sites is 1. The molecule has 0 bridgehead atoms. The highest BCUT2D eigenvalue weighted by atomic mass is 19.4. The molecule has 0 saturated carbocycles. The molecule has 0 saturated heterocycles. The number of Topliss-reactive ketones (excluding diaryl/α,β-unsaturated/α-hetero) is 1. The number of hydrogen-bond acceptors (Lipinski definition) is 1. The third kappa shape index (κ3) is 13.3. The van der Waals surface area contributed by atoms with Gasteiger partial charge in [0.25, 0.3) is 0 Å². The number of fused-ring (bicyclic) bond motifs is 2. The van der Waals surface area contributed by atoms with Crippen LogP contribution >= 0.6 is 0 Å². The molecule has 1 heterocycles. The number of aromatic nitrogens is 1. The number of ketones is 1. The fourth-order valence-electron chi connectivity index (χ4n) is 10.2. The Kier molecular flexibility index (Phi) is 16.2. The van der Waals surface area contributed by atoms with Gasteiger partial charge in [-0.1, -0.05) is 127 Å². The Labute approximate surface area is 463 Å². The number of carbonyl (C=O) groups excluding carboxylic acids is 1. The highest BCUT2D eigenvalue weighted by Crippen LogP contribution is 2.42. The van der Waals surface area contributed by atoms with Crippen LogP contribution in [0.5, 0.6) is 0 Å². The maximum absolute atomic E-state index is 14.2. The summed E-state index contributed by atoms with van der Waals surface area (Å²) in [6.45, 7) is 0.327. The minimum absolute atomic E-state index is 0.124. The molecule has 1 unspecified atom stereocenters. The van der Waals surface area contributed by atoms with Crippen LogP contribution in [0.1, 0.15) is 77.6 Å². The number of pyridine rings is 1. The summed E-state index contributed by atoms with van der Waals surface area (Å²) in [5.41, 5.74) is -24.7. The largest absolute Gasteiger partial charge is 0.416 e. The van der Waals surface area contributed by atoms with Gasteiger partial charge in [-0.3, -0.25) is 4.79 Å². The van der Waals surface area contributed by atoms with Crippen molar-refractivity contribution in [2.24, 2.45) is 0 Å². The molecule has 2 nitrogen and oxygen atoms in total. The topological polar surface area (TPSA) is 20.9 Å². The van der Waals surface area contributed by atoms with Gasteiger partial charge in [0.05, 0.1) is 50.4 Å². The first-order valence-electron chi connectivity index (χ1n) is 24.2. The van der Waals surface area contributed by atoms with Crippen LogP contribution in [0.15, 0.2) is 170 Å². The van der Waals surface area contributed by atoms with Gasteiger partial charge < -0.3 is 0 Å². The van der Waals surface area contributed by atoms with Crippen LogP contribution in [0.25, 0.3) is 17.0 Å². The van der Waals surface area contributed by atoms with Crippen molar-refractivity contribution >= 4 is 50.8 Å². The maximum Gasteiger partial charge on any atom is 0.416 e. The van der Waals surface area contributed by atoms with Gasteiger partial charge >= 0.3 is 49.4 Å². The molecule has 446 valence electrons. The van der Waals surface area contributed by atoms with Crippen molar-refractivity contribution in [3.8, 4) is 0 Å². The van der Waals surface area contributed by atoms with E-state index in [1.54, 1.807) is 0 Å². The van der Waals surface area contributed by atoms with Crippen LogP contribution in [0.3, 0.4) is 0 Å². The van der Waals surface area contributed by atoms with Gasteiger partial charge in [0, 0.05) is 23.1 Å². The van der Waals surface area contributed by atoms with Crippen molar-refractivity contribution in [2.75, 3.05) is 0 Å². The van der Waals surface area contributed by atoms with Crippen LogP contribution < -0.4 is 26.4 Å². The molecule has 0 aliphatic heterocycles. The minimum Gasteiger partial charge on any atom is -0.287 e. The van der Waals surface area contributed by atoms with Gasteiger partial charge in [0.1, 0.15) is 6.15 Å². The Bertz CT molecular complexity index is 3410. The molecular weight excluding hydrogens is 1190 g/mol. The number of benzene rings is 7. The van der Waals surface area contributed by atoms with E-state index in [4.69, 9.17) is 0 Å². The lowest BCUT2D eigenvalue weighted by molar-refractivity contribution is -0.665. The first-order chi connectivity index (χ1) is 39.1. The standard InChI is InChI=1S/C32H12BF24.C26H20NO/c34-25(35,36)13-1-14(26(37,38)39)6-21(5-13)33(22-7-15(27(40,41)42)2-16(8-22)28(43,44)45,23-9-17(29(46,47)48)3-18(10-23)30(49,50)51)24-11-19(31(52,53)54)4-20(12-24)32(55,56)57;28-26(21-10-2-1-3-11-21)18-27-24-13-7-5-9-20(24)15-17-25(27)23-16-14-19-8-4-6-12-22(19)23/h1-12H;1-17,23H,18H2/q-1;+1. The lowest BCUT2D eigenvalue weighted by atomic mass is 9.12. The summed E-state index contributed by atoms with van der Waals surface area (Å²) in [6, 6.07) is 21.8. The molecule has 1 aliphatic rings. The monoisotopic (exact) mass is 1230 g/mol. The maximum atomic E-state index is 14.2. The number of carbonyl (C=O) groups is 1. The van der Waals surface area contributed by atoms with Gasteiger partial charge in [-0.15, -0.1) is 0 Å². The van der Waals surface area contributed by atoms with Crippen molar-refractivity contribution in [1.29, 1.82) is 0 Å². The molecule has 0 fully saturated rings. The Morgan fingerprint density at radius 3 is 1.04 bits per heavy atom. The zero-order valence-electron chi connectivity index (χ0n) is 42.0. The van der Waals surface area contributed by atoms with E-state index in [1.165, 1.54) is 11.1 Å². The van der Waals surface area contributed by atoms with Crippen LogP contribution in [0.2, 0.25) is 0 Å². The lowest BCUT2D eigenvalue weighted by Gasteiger charge is -2.46. The predicted octanol–water partition coefficient (Wildman–Crippen LogP) is 16.4. The van der Waals surface area contributed by atoms with Crippen LogP contribution in [-0.2, 0) is 56.0 Å². The molecule has 8 aromatic rings. The molecule has 1 atom stereocenters. The molecule has 0 spiro atoms. The second-order valence-electron chi connectivity index (χ2n) is 19.4. The van der Waals surface area contributed by atoms with E-state index in [0.29, 0.717) is 6.54 Å². The molecule has 9 rings (SSSR count). The van der Waals surface area contributed by atoms with E-state index >= 15 is 0 Å². The highest BCUT2D eigenvalue weighted by Gasteiger charge is 2.47. The van der Waals surface area contributed by atoms with E-state index in [-0.39, 0.29) is 11.7 Å². The molecule has 0 N–H and O–H groups in total. The predicted molar refractivity (Wildman–Crippen MR) is 262 cm³/mol. The average Bonchev–Trinajstić information content (AvgIpc) is 1.11. The summed E-state index contributed by atoms with van der Waals surface area (Å²) in [5, 5.41) is 1.14. The fourth-order valence-corrected chi connectivity index (χ4v) is 10.2. The molecule has 27 heteroatoms. The number of rotatable bonds is 8. The summed E-state index contributed by atoms with van der Waals surface area (Å²) in [5.74, 6) is 0.280. The van der Waals surface area contributed by atoms with Crippen LogP contribution in [-0.4, -0.2) is 11.9 Å². The molecule has 0 amide bonds. The zero-order valence-corrected chi connectivity index (χ0v) is 42.0. The molecule has 7 aromatic carbocycles. The Morgan fingerprint density at radius 1 is 0.365 bits per heavy atom. The number of halogens is 24. The fraction of sp³-hybridized carbons (Fsp3) is 0.172. The molecule has 85 heavy (non-hydrogen) atoms. The second kappa shape index (κ2) is 22.0. The second-order valence-corrected chi connectivity index (χ2v) is 19.4. The molecule has 0 radical (unpaired) electrons. The van der Waals surface area contributed by atoms with Gasteiger partial charge in [-0.2, -0.15) is 132 Å². The summed E-state index contributed by atoms with van der Waals surface area (Å²) < 4.78 is 343. The number of hydrogen-bond donors (Lipinski definition) is 0. The SMILES string of the molecule is FC(F)(F)c1cc([B-](c2cc(C(F)(F)F)cc(C(F)(F)F)c2)(c2cc(C(F)(F)F)cc(C(F)(F)F)c2)c2cc(C(F)(F)F)cc(C(F)(F)F)c2)cc(C(F)(F)F)c1.O=C(C[n+]1c(C2C=Cc3ccccc32)ccc2ccccc21)c1ccccc1. The van der Waals surface area contributed by atoms with E-state index in [2.05, 4.69) is 65.3 Å². The first-order valence-corrected chi connectivity index (χ1v) is 24.2. The van der Waals surface area contributed by atoms with Crippen LogP contribution in [0.4, 0.5) is 105 Å². The minimum atomic E-state index is -6.13. The van der Waals surface area contributed by atoms with Crippen molar-refractivity contribution in [3.05, 3.63) is 237 Å². The Morgan fingerprint density at radius 2 is 0.682 bits per heavy atom. The normalized spacial score (nSPS) is 14.5. The molecule has 1 aromatic heterocycles. The third-order valence-corrected chi connectivity index (χ3v) is 13.9. The molecule has 1 aliphatic carbocycles. The van der Waals surface area contributed by atoms with Gasteiger partial charge in [0.15, 0.2) is 5.69 Å². The Balaban J connectivity index is 0.000000276. The first kappa shape index (κ1) is 62.8. The average molecular weight is 1230 g/mol. The van der Waals surface area contributed by atoms with Gasteiger partial charge in [0.2, 0.25) is 17.8 Å². The van der Waals surface area contributed by atoms with E-state index in [0.717, 1.165) is 22.2 Å². The van der Waals surface area contributed by atoms with Crippen molar-refractivity contribution < 1.29 is 115 Å². The quantitative estimate of drug-likeness (QED) is 0.0643. The highest BCUT2D eigenvalue weighted by molar-refractivity contribution is 7.20. The Hall–Kier alpha value is -8.26. The van der Waals surface area contributed by atoms with E-state index < -0.39 is 195 Å². The lowest BCUT2D eigenvalue weighted by Crippen LogP contribution is -2.75. The number of allylic oxidation sites excluding steroid dienone is 1. The van der Waals surface area contributed by atoms with E-state index in [1.807, 2.05) is 42.5 Å². The van der Waals surface area contributed by atoms with Crippen molar-refractivity contribution in [1.82, 2.24) is 0 Å². The van der Waals surface area contributed by atoms with Crippen LogP contribution in [0, 0.1) is 0 Å². The summed E-state index contributed by atoms with van der Waals surface area (Å²) in [4.78, 5) is 13.0. The van der Waals surface area contributed by atoms with E-state index in [9.17, 15) is 110 Å². The zero-order chi connectivity index (χ0) is 62.8. The van der Waals surface area contributed by atoms with Crippen molar-refractivity contribution in [2.45, 2.75) is 61.9 Å². The smallest absolute Gasteiger partial charge is 0.287 e. The van der Waals surface area contributed by atoms with Crippen molar-refractivity contribution in [3.63, 3.8) is 0 Å². The van der Waals surface area contributed by atoms with Gasteiger partial charge in [-0.05, 0) is 47.5 Å². The summed E-state index contributed by atoms with van der Waals surface area (Å²) in [6.07, 6.45) is -50.4. The molecular formula is C58H32BF24NO. The number of alkyl halides is 24. The summed E-state index contributed by atoms with van der Waals surface area (Å²) in [7, 11) is 0. The summed E-state index contributed by atoms with van der Waals surface area (Å²) >= 11 is 0. The number of nitrogens with zero attached hydrogens (tertiary/aromatic N) is 1. The third-order valence-electron chi connectivity index (χ3n) is 13.9.